The summed E-state index contributed by atoms with van der Waals surface area (Å²) in [6, 6.07) is 10.2. The van der Waals surface area contributed by atoms with Crippen LogP contribution in [0.5, 0.6) is 5.75 Å². The van der Waals surface area contributed by atoms with Crippen LogP contribution in [0.2, 0.25) is 0 Å². The highest BCUT2D eigenvalue weighted by Gasteiger charge is 2.30. The van der Waals surface area contributed by atoms with E-state index in [-0.39, 0.29) is 11.4 Å². The molecule has 0 unspecified atom stereocenters. The van der Waals surface area contributed by atoms with E-state index < -0.39 is 12.3 Å². The molecular formula is C15H10F3N3O2. The summed E-state index contributed by atoms with van der Waals surface area (Å²) in [6.45, 7) is 0. The summed E-state index contributed by atoms with van der Waals surface area (Å²) in [6.07, 6.45) is -1.44. The zero-order chi connectivity index (χ0) is 16.4. The van der Waals surface area contributed by atoms with Crippen LogP contribution in [0.3, 0.4) is 0 Å². The molecule has 8 heteroatoms. The number of ether oxygens (including phenoxy) is 1. The third-order valence-corrected chi connectivity index (χ3v) is 2.94. The maximum atomic E-state index is 12.1. The molecule has 0 saturated carbocycles. The number of benzene rings is 1. The van der Waals surface area contributed by atoms with Crippen LogP contribution in [0.4, 0.5) is 18.9 Å². The van der Waals surface area contributed by atoms with Crippen molar-refractivity contribution in [2.75, 3.05) is 5.32 Å². The zero-order valence-corrected chi connectivity index (χ0v) is 11.5. The van der Waals surface area contributed by atoms with Crippen LogP contribution in [-0.4, -0.2) is 21.7 Å². The van der Waals surface area contributed by atoms with E-state index in [9.17, 15) is 18.0 Å². The smallest absolute Gasteiger partial charge is 0.406 e. The Bertz CT molecular complexity index is 808. The van der Waals surface area contributed by atoms with Gasteiger partial charge in [0, 0.05) is 18.1 Å². The molecule has 0 aliphatic heterocycles. The lowest BCUT2D eigenvalue weighted by atomic mass is 10.3. The number of nitrogens with zero attached hydrogens (tertiary/aromatic N) is 2. The van der Waals surface area contributed by atoms with Crippen molar-refractivity contribution in [2.45, 2.75) is 6.36 Å². The number of rotatable bonds is 3. The molecule has 0 radical (unpaired) electrons. The molecule has 1 amide bonds. The van der Waals surface area contributed by atoms with Crippen LogP contribution in [0.1, 0.15) is 10.5 Å². The fourth-order valence-corrected chi connectivity index (χ4v) is 1.98. The third kappa shape index (κ3) is 3.60. The molecule has 0 bridgehead atoms. The molecule has 0 saturated heterocycles. The lowest BCUT2D eigenvalue weighted by Gasteiger charge is -2.09. The van der Waals surface area contributed by atoms with Crippen LogP contribution in [0.25, 0.3) is 5.65 Å². The Balaban J connectivity index is 1.72. The van der Waals surface area contributed by atoms with Gasteiger partial charge in [0.15, 0.2) is 0 Å². The van der Waals surface area contributed by atoms with Gasteiger partial charge in [0.05, 0.1) is 0 Å². The number of nitrogens with one attached hydrogen (secondary N) is 1. The third-order valence-electron chi connectivity index (χ3n) is 2.94. The first-order chi connectivity index (χ1) is 10.9. The fourth-order valence-electron chi connectivity index (χ4n) is 1.98. The molecule has 2 heterocycles. The summed E-state index contributed by atoms with van der Waals surface area (Å²) in [5, 5.41) is 2.56. The van der Waals surface area contributed by atoms with Crippen LogP contribution < -0.4 is 10.1 Å². The SMILES string of the molecule is O=C(Nc1ccc(OC(F)(F)F)cc1)c1cn2ccccc2n1. The summed E-state index contributed by atoms with van der Waals surface area (Å²) >= 11 is 0. The van der Waals surface area contributed by atoms with Crippen molar-refractivity contribution in [3.63, 3.8) is 0 Å². The second-order valence-corrected chi connectivity index (χ2v) is 4.62. The number of amides is 1. The van der Waals surface area contributed by atoms with E-state index in [1.165, 1.54) is 12.1 Å². The van der Waals surface area contributed by atoms with E-state index >= 15 is 0 Å². The number of carbonyl (C=O) groups is 1. The van der Waals surface area contributed by atoms with Gasteiger partial charge in [-0.2, -0.15) is 0 Å². The fraction of sp³-hybridized carbons (Fsp3) is 0.0667. The number of hydrogen-bond donors (Lipinski definition) is 1. The molecule has 0 atom stereocenters. The first-order valence-corrected chi connectivity index (χ1v) is 6.52. The van der Waals surface area contributed by atoms with E-state index in [0.29, 0.717) is 11.3 Å². The van der Waals surface area contributed by atoms with Crippen LogP contribution >= 0.6 is 0 Å². The van der Waals surface area contributed by atoms with Gasteiger partial charge in [-0.05, 0) is 36.4 Å². The molecule has 1 aromatic carbocycles. The van der Waals surface area contributed by atoms with Gasteiger partial charge in [0.1, 0.15) is 17.1 Å². The maximum absolute atomic E-state index is 12.1. The summed E-state index contributed by atoms with van der Waals surface area (Å²) < 4.78 is 41.7. The number of imidazole rings is 1. The monoisotopic (exact) mass is 321 g/mol. The molecule has 3 aromatic rings. The first kappa shape index (κ1) is 14.9. The number of carbonyl (C=O) groups excluding carboxylic acids is 1. The summed E-state index contributed by atoms with van der Waals surface area (Å²) in [5.74, 6) is -0.818. The summed E-state index contributed by atoms with van der Waals surface area (Å²) in [5.41, 5.74) is 1.15. The highest BCUT2D eigenvalue weighted by molar-refractivity contribution is 6.03. The van der Waals surface area contributed by atoms with Crippen LogP contribution in [-0.2, 0) is 0 Å². The standard InChI is InChI=1S/C15H10F3N3O2/c16-15(17,18)23-11-6-4-10(5-7-11)19-14(22)12-9-21-8-2-1-3-13(21)20-12/h1-9H,(H,19,22). The lowest BCUT2D eigenvalue weighted by Crippen LogP contribution is -2.17. The second kappa shape index (κ2) is 5.64. The molecule has 5 nitrogen and oxygen atoms in total. The highest BCUT2D eigenvalue weighted by atomic mass is 19.4. The van der Waals surface area contributed by atoms with Crippen molar-refractivity contribution in [1.82, 2.24) is 9.38 Å². The van der Waals surface area contributed by atoms with E-state index in [2.05, 4.69) is 15.0 Å². The Kier molecular flexibility index (Phi) is 3.65. The second-order valence-electron chi connectivity index (χ2n) is 4.62. The zero-order valence-electron chi connectivity index (χ0n) is 11.5. The van der Waals surface area contributed by atoms with Crippen molar-refractivity contribution in [3.05, 3.63) is 60.6 Å². The van der Waals surface area contributed by atoms with Gasteiger partial charge in [-0.15, -0.1) is 13.2 Å². The molecule has 0 aliphatic carbocycles. The molecule has 0 aliphatic rings. The normalized spacial score (nSPS) is 11.4. The van der Waals surface area contributed by atoms with E-state index in [1.807, 2.05) is 0 Å². The molecule has 118 valence electrons. The lowest BCUT2D eigenvalue weighted by molar-refractivity contribution is -0.274. The van der Waals surface area contributed by atoms with Gasteiger partial charge in [-0.25, -0.2) is 4.98 Å². The molecule has 23 heavy (non-hydrogen) atoms. The Morgan fingerprint density at radius 3 is 2.52 bits per heavy atom. The molecule has 0 spiro atoms. The van der Waals surface area contributed by atoms with Gasteiger partial charge in [-0.1, -0.05) is 6.07 Å². The number of pyridine rings is 1. The van der Waals surface area contributed by atoms with Crippen LogP contribution in [0, 0.1) is 0 Å². The predicted molar refractivity (Wildman–Crippen MR) is 76.3 cm³/mol. The van der Waals surface area contributed by atoms with E-state index in [0.717, 1.165) is 12.1 Å². The minimum atomic E-state index is -4.75. The molecule has 3 rings (SSSR count). The van der Waals surface area contributed by atoms with Crippen molar-refractivity contribution in [2.24, 2.45) is 0 Å². The van der Waals surface area contributed by atoms with Crippen LogP contribution in [0.15, 0.2) is 54.9 Å². The van der Waals surface area contributed by atoms with Gasteiger partial charge >= 0.3 is 6.36 Å². The first-order valence-electron chi connectivity index (χ1n) is 6.52. The van der Waals surface area contributed by atoms with Crippen molar-refractivity contribution >= 4 is 17.2 Å². The minimum absolute atomic E-state index is 0.201. The number of alkyl halides is 3. The van der Waals surface area contributed by atoms with Crippen molar-refractivity contribution in [3.8, 4) is 5.75 Å². The number of aromatic nitrogens is 2. The Morgan fingerprint density at radius 1 is 1.13 bits per heavy atom. The molecule has 1 N–H and O–H groups in total. The average molecular weight is 321 g/mol. The van der Waals surface area contributed by atoms with E-state index in [1.54, 1.807) is 35.0 Å². The van der Waals surface area contributed by atoms with Gasteiger partial charge in [-0.3, -0.25) is 4.79 Å². The molecule has 2 aromatic heterocycles. The van der Waals surface area contributed by atoms with Gasteiger partial charge in [0.2, 0.25) is 0 Å². The highest BCUT2D eigenvalue weighted by Crippen LogP contribution is 2.24. The van der Waals surface area contributed by atoms with Gasteiger partial charge < -0.3 is 14.5 Å². The Hall–Kier alpha value is -3.03. The largest absolute Gasteiger partial charge is 0.573 e. The maximum Gasteiger partial charge on any atom is 0.573 e. The van der Waals surface area contributed by atoms with E-state index in [4.69, 9.17) is 0 Å². The van der Waals surface area contributed by atoms with Gasteiger partial charge in [0.25, 0.3) is 5.91 Å². The summed E-state index contributed by atoms with van der Waals surface area (Å²) in [4.78, 5) is 16.3. The number of halogens is 3. The topological polar surface area (TPSA) is 55.6 Å². The quantitative estimate of drug-likeness (QED) is 0.803. The Labute approximate surface area is 128 Å². The number of anilines is 1. The van der Waals surface area contributed by atoms with Crippen molar-refractivity contribution in [1.29, 1.82) is 0 Å². The number of fused-ring (bicyclic) bond motifs is 1. The average Bonchev–Trinajstić information content (AvgIpc) is 2.92. The molecule has 0 fully saturated rings. The summed E-state index contributed by atoms with van der Waals surface area (Å²) in [7, 11) is 0. The van der Waals surface area contributed by atoms with Crippen molar-refractivity contribution < 1.29 is 22.7 Å². The predicted octanol–water partition coefficient (Wildman–Crippen LogP) is 3.49. The molecular weight excluding hydrogens is 311 g/mol. The minimum Gasteiger partial charge on any atom is -0.406 e. The Morgan fingerprint density at radius 2 is 1.87 bits per heavy atom. The number of hydrogen-bond acceptors (Lipinski definition) is 3.